The number of rotatable bonds is 8. The molecule has 1 aromatic carbocycles. The molecule has 3 amide bonds. The van der Waals surface area contributed by atoms with Gasteiger partial charge in [-0.15, -0.1) is 0 Å². The molecule has 2 aliphatic rings. The van der Waals surface area contributed by atoms with Crippen molar-refractivity contribution in [3.8, 4) is 0 Å². The van der Waals surface area contributed by atoms with Crippen LogP contribution in [0.3, 0.4) is 0 Å². The molecule has 0 saturated carbocycles. The predicted octanol–water partition coefficient (Wildman–Crippen LogP) is 1.03. The fourth-order valence-corrected chi connectivity index (χ4v) is 4.37. The summed E-state index contributed by atoms with van der Waals surface area (Å²) in [6, 6.07) is 8.87. The van der Waals surface area contributed by atoms with Gasteiger partial charge < -0.3 is 29.6 Å². The third-order valence-electron chi connectivity index (χ3n) is 6.00. The van der Waals surface area contributed by atoms with Gasteiger partial charge in [0.1, 0.15) is 25.1 Å². The van der Waals surface area contributed by atoms with E-state index in [1.165, 1.54) is 12.7 Å². The Balaban J connectivity index is 1.43. The van der Waals surface area contributed by atoms with Gasteiger partial charge in [0, 0.05) is 12.1 Å². The van der Waals surface area contributed by atoms with E-state index in [9.17, 15) is 14.4 Å². The van der Waals surface area contributed by atoms with Gasteiger partial charge in [-0.3, -0.25) is 19.5 Å². The first-order valence-electron chi connectivity index (χ1n) is 12.2. The Kier molecular flexibility index (Phi) is 7.44. The van der Waals surface area contributed by atoms with E-state index in [1.54, 1.807) is 18.4 Å². The number of imidazole rings is 1. The molecular weight excluding hydrogens is 498 g/mol. The average molecular weight is 526 g/mol. The van der Waals surface area contributed by atoms with E-state index >= 15 is 0 Å². The van der Waals surface area contributed by atoms with Gasteiger partial charge in [0.25, 0.3) is 5.91 Å². The summed E-state index contributed by atoms with van der Waals surface area (Å²) in [5.41, 5.74) is 1.46. The van der Waals surface area contributed by atoms with Gasteiger partial charge in [0.15, 0.2) is 35.6 Å². The first-order chi connectivity index (χ1) is 18.5. The van der Waals surface area contributed by atoms with Gasteiger partial charge in [-0.1, -0.05) is 30.3 Å². The molecule has 5 atom stereocenters. The van der Waals surface area contributed by atoms with Gasteiger partial charge in [0.05, 0.1) is 12.9 Å². The first-order valence-corrected chi connectivity index (χ1v) is 12.2. The van der Waals surface area contributed by atoms with Crippen molar-refractivity contribution >= 4 is 34.9 Å². The molecule has 3 aromatic rings. The van der Waals surface area contributed by atoms with Crippen molar-refractivity contribution in [2.24, 2.45) is 0 Å². The molecule has 3 N–H and O–H groups in total. The molecule has 0 radical (unpaired) electrons. The van der Waals surface area contributed by atoms with Crippen molar-refractivity contribution in [3.63, 3.8) is 0 Å². The maximum Gasteiger partial charge on any atom is 0.325 e. The number of fused-ring (bicyclic) bond motifs is 2. The lowest BCUT2D eigenvalue weighted by Gasteiger charge is -2.21. The second kappa shape index (κ2) is 11.1. The minimum Gasteiger partial charge on any atom is -0.465 e. The SMILES string of the molecule is CCNC(=O)Nc1ncnc2c1ncn2C1OC(C(=O)NCC(=O)OCC)C2O[C@H](c3ccccc3)OC21. The summed E-state index contributed by atoms with van der Waals surface area (Å²) >= 11 is 0. The van der Waals surface area contributed by atoms with Crippen LogP contribution in [-0.2, 0) is 28.5 Å². The Bertz CT molecular complexity index is 1320. The lowest BCUT2D eigenvalue weighted by molar-refractivity contribution is -0.162. The zero-order valence-electron chi connectivity index (χ0n) is 20.7. The number of esters is 1. The van der Waals surface area contributed by atoms with Crippen molar-refractivity contribution in [2.75, 3.05) is 25.0 Å². The predicted molar refractivity (Wildman–Crippen MR) is 131 cm³/mol. The number of amides is 3. The molecule has 4 heterocycles. The van der Waals surface area contributed by atoms with Crippen molar-refractivity contribution < 1.29 is 33.3 Å². The standard InChI is InChI=1S/C24H27N7O7/c1-3-25-24(34)30-19-15-20(28-11-27-19)31(12-29-15)22-18-16(37-23(38-18)13-8-6-5-7-9-13)17(36-22)21(33)26-10-14(32)35-4-2/h5-9,11-12,16-18,22-23H,3-4,10H2,1-2H3,(H,26,33)(H2,25,27,28,30,34)/t16?,17?,18?,22?,23-/m0/s1. The highest BCUT2D eigenvalue weighted by Crippen LogP contribution is 2.45. The third kappa shape index (κ3) is 5.01. The van der Waals surface area contributed by atoms with Gasteiger partial charge in [-0.05, 0) is 13.8 Å². The molecule has 2 fully saturated rings. The molecule has 5 rings (SSSR count). The Hall–Kier alpha value is -4.14. The number of carbonyl (C=O) groups is 3. The third-order valence-corrected chi connectivity index (χ3v) is 6.00. The van der Waals surface area contributed by atoms with E-state index < -0.39 is 48.7 Å². The summed E-state index contributed by atoms with van der Waals surface area (Å²) in [6.07, 6.45) is -1.44. The highest BCUT2D eigenvalue weighted by atomic mass is 16.8. The van der Waals surface area contributed by atoms with Gasteiger partial charge in [-0.2, -0.15) is 0 Å². The number of urea groups is 1. The van der Waals surface area contributed by atoms with Gasteiger partial charge >= 0.3 is 12.0 Å². The smallest absolute Gasteiger partial charge is 0.325 e. The topological polar surface area (TPSA) is 168 Å². The largest absolute Gasteiger partial charge is 0.465 e. The van der Waals surface area contributed by atoms with Crippen LogP contribution >= 0.6 is 0 Å². The van der Waals surface area contributed by atoms with E-state index in [0.717, 1.165) is 5.56 Å². The normalized spacial score (nSPS) is 24.1. The van der Waals surface area contributed by atoms with Crippen LogP contribution in [-0.4, -0.2) is 75.4 Å². The molecule has 0 bridgehead atoms. The molecule has 14 heteroatoms. The number of hydrogen-bond acceptors (Lipinski definition) is 10. The number of ether oxygens (including phenoxy) is 4. The number of nitrogens with zero attached hydrogens (tertiary/aromatic N) is 4. The zero-order valence-corrected chi connectivity index (χ0v) is 20.7. The lowest BCUT2D eigenvalue weighted by atomic mass is 10.1. The van der Waals surface area contributed by atoms with Crippen LogP contribution < -0.4 is 16.0 Å². The van der Waals surface area contributed by atoms with Crippen molar-refractivity contribution in [2.45, 2.75) is 44.7 Å². The Labute approximate surface area is 217 Å². The molecule has 200 valence electrons. The number of aromatic nitrogens is 4. The second-order valence-corrected chi connectivity index (χ2v) is 8.44. The van der Waals surface area contributed by atoms with E-state index in [2.05, 4.69) is 30.9 Å². The molecule has 2 aliphatic heterocycles. The maximum absolute atomic E-state index is 13.1. The first kappa shape index (κ1) is 25.5. The van der Waals surface area contributed by atoms with E-state index in [1.807, 2.05) is 30.3 Å². The lowest BCUT2D eigenvalue weighted by Crippen LogP contribution is -2.44. The van der Waals surface area contributed by atoms with Gasteiger partial charge in [-0.25, -0.2) is 19.7 Å². The van der Waals surface area contributed by atoms with E-state index in [-0.39, 0.29) is 19.0 Å². The highest BCUT2D eigenvalue weighted by Gasteiger charge is 2.56. The minimum atomic E-state index is -1.10. The summed E-state index contributed by atoms with van der Waals surface area (Å²) in [4.78, 5) is 49.7. The number of nitrogens with one attached hydrogen (secondary N) is 3. The molecule has 38 heavy (non-hydrogen) atoms. The van der Waals surface area contributed by atoms with Crippen LogP contribution in [0.2, 0.25) is 0 Å². The average Bonchev–Trinajstić information content (AvgIpc) is 3.62. The fourth-order valence-electron chi connectivity index (χ4n) is 4.37. The maximum atomic E-state index is 13.1. The Morgan fingerprint density at radius 1 is 1.00 bits per heavy atom. The van der Waals surface area contributed by atoms with Crippen LogP contribution in [0.5, 0.6) is 0 Å². The summed E-state index contributed by atoms with van der Waals surface area (Å²) < 4.78 is 25.0. The number of benzene rings is 1. The quantitative estimate of drug-likeness (QED) is 0.361. The molecule has 4 unspecified atom stereocenters. The number of carbonyl (C=O) groups excluding carboxylic acids is 3. The molecule has 0 spiro atoms. The van der Waals surface area contributed by atoms with Crippen molar-refractivity contribution in [1.82, 2.24) is 30.2 Å². The molecule has 14 nitrogen and oxygen atoms in total. The van der Waals surface area contributed by atoms with Crippen molar-refractivity contribution in [1.29, 1.82) is 0 Å². The van der Waals surface area contributed by atoms with Crippen LogP contribution in [0.25, 0.3) is 11.2 Å². The van der Waals surface area contributed by atoms with Crippen LogP contribution in [0.4, 0.5) is 10.6 Å². The Morgan fingerprint density at radius 3 is 2.55 bits per heavy atom. The second-order valence-electron chi connectivity index (χ2n) is 8.44. The molecule has 2 aromatic heterocycles. The summed E-state index contributed by atoms with van der Waals surface area (Å²) in [6.45, 7) is 3.80. The van der Waals surface area contributed by atoms with Crippen LogP contribution in [0.15, 0.2) is 43.0 Å². The van der Waals surface area contributed by atoms with Gasteiger partial charge in [0.2, 0.25) is 0 Å². The summed E-state index contributed by atoms with van der Waals surface area (Å²) in [5, 5.41) is 7.82. The van der Waals surface area contributed by atoms with E-state index in [0.29, 0.717) is 17.7 Å². The van der Waals surface area contributed by atoms with Crippen LogP contribution in [0, 0.1) is 0 Å². The van der Waals surface area contributed by atoms with Crippen LogP contribution in [0.1, 0.15) is 31.9 Å². The van der Waals surface area contributed by atoms with E-state index in [4.69, 9.17) is 18.9 Å². The highest BCUT2D eigenvalue weighted by molar-refractivity contribution is 5.95. The molecule has 0 aliphatic carbocycles. The fraction of sp³-hybridized carbons (Fsp3) is 0.417. The Morgan fingerprint density at radius 2 is 1.79 bits per heavy atom. The molecule has 2 saturated heterocycles. The summed E-state index contributed by atoms with van der Waals surface area (Å²) in [7, 11) is 0. The monoisotopic (exact) mass is 525 g/mol. The number of hydrogen-bond donors (Lipinski definition) is 3. The molecular formula is C24H27N7O7. The minimum absolute atomic E-state index is 0.198. The zero-order chi connectivity index (χ0) is 26.6. The number of anilines is 1. The summed E-state index contributed by atoms with van der Waals surface area (Å²) in [5.74, 6) is -0.906. The van der Waals surface area contributed by atoms with Crippen molar-refractivity contribution in [3.05, 3.63) is 48.5 Å².